The monoisotopic (exact) mass is 339 g/mol. The first kappa shape index (κ1) is 17.9. The summed E-state index contributed by atoms with van der Waals surface area (Å²) in [7, 11) is -1.75. The molecular weight excluding hydrogens is 314 g/mol. The van der Waals surface area contributed by atoms with E-state index in [1.54, 1.807) is 24.1 Å². The Kier molecular flexibility index (Phi) is 5.78. The molecule has 1 fully saturated rings. The van der Waals surface area contributed by atoms with Crippen molar-refractivity contribution in [3.63, 3.8) is 0 Å². The summed E-state index contributed by atoms with van der Waals surface area (Å²) in [5.74, 6) is -0.0856. The highest BCUT2D eigenvalue weighted by Crippen LogP contribution is 2.15. The quantitative estimate of drug-likeness (QED) is 0.816. The van der Waals surface area contributed by atoms with E-state index in [9.17, 15) is 13.2 Å². The molecule has 7 heteroatoms. The summed E-state index contributed by atoms with van der Waals surface area (Å²) in [6, 6.07) is 6.19. The van der Waals surface area contributed by atoms with Crippen LogP contribution in [0.1, 0.15) is 37.0 Å². The third-order valence-electron chi connectivity index (χ3n) is 4.28. The van der Waals surface area contributed by atoms with Crippen LogP contribution in [0, 0.1) is 0 Å². The summed E-state index contributed by atoms with van der Waals surface area (Å²) >= 11 is 0. The van der Waals surface area contributed by atoms with Crippen molar-refractivity contribution in [1.82, 2.24) is 14.9 Å². The first-order chi connectivity index (χ1) is 10.8. The normalized spacial score (nSPS) is 19.5. The number of rotatable bonds is 6. The molecule has 1 amide bonds. The van der Waals surface area contributed by atoms with Gasteiger partial charge < -0.3 is 10.2 Å². The van der Waals surface area contributed by atoms with Gasteiger partial charge in [0.1, 0.15) is 0 Å². The van der Waals surface area contributed by atoms with Crippen molar-refractivity contribution in [1.29, 1.82) is 0 Å². The second-order valence-electron chi connectivity index (χ2n) is 6.02. The molecule has 1 saturated heterocycles. The Morgan fingerprint density at radius 3 is 2.57 bits per heavy atom. The average molecular weight is 339 g/mol. The van der Waals surface area contributed by atoms with Crippen LogP contribution in [0.3, 0.4) is 0 Å². The molecule has 0 aliphatic carbocycles. The first-order valence-electron chi connectivity index (χ1n) is 7.95. The summed E-state index contributed by atoms with van der Waals surface area (Å²) in [6.45, 7) is 5.46. The van der Waals surface area contributed by atoms with E-state index in [1.807, 2.05) is 13.8 Å². The molecule has 6 nitrogen and oxygen atoms in total. The van der Waals surface area contributed by atoms with E-state index in [-0.39, 0.29) is 22.9 Å². The van der Waals surface area contributed by atoms with E-state index < -0.39 is 10.0 Å². The number of benzene rings is 1. The molecule has 2 rings (SSSR count). The minimum atomic E-state index is -3.53. The van der Waals surface area contributed by atoms with E-state index in [0.29, 0.717) is 5.56 Å². The molecular formula is C16H25N3O3S. The smallest absolute Gasteiger partial charge is 0.253 e. The van der Waals surface area contributed by atoms with Crippen LogP contribution in [-0.4, -0.2) is 51.4 Å². The minimum Gasteiger partial charge on any atom is -0.337 e. The molecule has 0 aromatic heterocycles. The van der Waals surface area contributed by atoms with Crippen LogP contribution in [0.5, 0.6) is 0 Å². The fourth-order valence-electron chi connectivity index (χ4n) is 2.53. The fourth-order valence-corrected chi connectivity index (χ4v) is 3.86. The molecule has 1 aromatic carbocycles. The Labute approximate surface area is 138 Å². The average Bonchev–Trinajstić information content (AvgIpc) is 3.07. The van der Waals surface area contributed by atoms with Crippen LogP contribution in [-0.2, 0) is 10.0 Å². The summed E-state index contributed by atoms with van der Waals surface area (Å²) < 4.78 is 27.0. The number of hydrogen-bond donors (Lipinski definition) is 2. The number of carbonyl (C=O) groups is 1. The van der Waals surface area contributed by atoms with Crippen molar-refractivity contribution in [2.45, 2.75) is 43.7 Å². The van der Waals surface area contributed by atoms with Gasteiger partial charge in [-0.25, -0.2) is 13.1 Å². The maximum Gasteiger partial charge on any atom is 0.253 e. The predicted octanol–water partition coefficient (Wildman–Crippen LogP) is 1.20. The van der Waals surface area contributed by atoms with Crippen molar-refractivity contribution in [3.05, 3.63) is 29.8 Å². The molecule has 1 aliphatic rings. The van der Waals surface area contributed by atoms with E-state index >= 15 is 0 Å². The van der Waals surface area contributed by atoms with Gasteiger partial charge in [0, 0.05) is 31.2 Å². The lowest BCUT2D eigenvalue weighted by molar-refractivity contribution is 0.0743. The lowest BCUT2D eigenvalue weighted by Gasteiger charge is -2.23. The first-order valence-corrected chi connectivity index (χ1v) is 9.43. The summed E-state index contributed by atoms with van der Waals surface area (Å²) in [6.07, 6.45) is 1.66. The number of nitrogens with zero attached hydrogens (tertiary/aromatic N) is 1. The Morgan fingerprint density at radius 1 is 1.39 bits per heavy atom. The molecule has 1 heterocycles. The van der Waals surface area contributed by atoms with E-state index in [0.717, 1.165) is 25.9 Å². The molecule has 0 spiro atoms. The van der Waals surface area contributed by atoms with E-state index in [2.05, 4.69) is 10.0 Å². The number of hydrogen-bond acceptors (Lipinski definition) is 4. The minimum absolute atomic E-state index is 0.0856. The molecule has 2 N–H and O–H groups in total. The van der Waals surface area contributed by atoms with Crippen molar-refractivity contribution in [3.8, 4) is 0 Å². The number of nitrogens with one attached hydrogen (secondary N) is 2. The Hall–Kier alpha value is -1.44. The molecule has 0 saturated carbocycles. The largest absolute Gasteiger partial charge is 0.337 e. The van der Waals surface area contributed by atoms with Gasteiger partial charge in [-0.15, -0.1) is 0 Å². The zero-order chi connectivity index (χ0) is 17.0. The topological polar surface area (TPSA) is 78.5 Å². The van der Waals surface area contributed by atoms with Crippen LogP contribution >= 0.6 is 0 Å². The lowest BCUT2D eigenvalue weighted by atomic mass is 10.1. The Balaban J connectivity index is 2.11. The van der Waals surface area contributed by atoms with Gasteiger partial charge in [-0.3, -0.25) is 4.79 Å². The number of amides is 1. The van der Waals surface area contributed by atoms with Crippen LogP contribution in [0.15, 0.2) is 29.2 Å². The van der Waals surface area contributed by atoms with Gasteiger partial charge in [0.15, 0.2) is 0 Å². The maximum absolute atomic E-state index is 12.4. The second kappa shape index (κ2) is 7.42. The summed E-state index contributed by atoms with van der Waals surface area (Å²) in [5.41, 5.74) is 0.502. The zero-order valence-electron chi connectivity index (χ0n) is 13.9. The predicted molar refractivity (Wildman–Crippen MR) is 89.9 cm³/mol. The number of sulfonamides is 1. The molecule has 128 valence electrons. The van der Waals surface area contributed by atoms with Crippen LogP contribution in [0.25, 0.3) is 0 Å². The molecule has 0 bridgehead atoms. The highest BCUT2D eigenvalue weighted by Gasteiger charge is 2.24. The van der Waals surface area contributed by atoms with Gasteiger partial charge in [-0.1, -0.05) is 6.92 Å². The van der Waals surface area contributed by atoms with Crippen LogP contribution < -0.4 is 10.0 Å². The van der Waals surface area contributed by atoms with Gasteiger partial charge in [0.2, 0.25) is 10.0 Å². The zero-order valence-corrected chi connectivity index (χ0v) is 14.7. The van der Waals surface area contributed by atoms with E-state index in [4.69, 9.17) is 0 Å². The summed E-state index contributed by atoms with van der Waals surface area (Å²) in [4.78, 5) is 14.4. The van der Waals surface area contributed by atoms with Crippen LogP contribution in [0.4, 0.5) is 0 Å². The van der Waals surface area contributed by atoms with Gasteiger partial charge in [0.05, 0.1) is 4.90 Å². The fraction of sp³-hybridized carbons (Fsp3) is 0.562. The summed E-state index contributed by atoms with van der Waals surface area (Å²) in [5, 5.41) is 3.23. The number of carbonyl (C=O) groups excluding carboxylic acids is 1. The SMILES string of the molecule is CCC(C)NS(=O)(=O)c1ccc(C(=O)N(C)C2CCNC2)cc1. The van der Waals surface area contributed by atoms with Crippen molar-refractivity contribution in [2.24, 2.45) is 0 Å². The third kappa shape index (κ3) is 4.31. The Bertz CT molecular complexity index is 637. The van der Waals surface area contributed by atoms with E-state index in [1.165, 1.54) is 12.1 Å². The molecule has 23 heavy (non-hydrogen) atoms. The van der Waals surface area contributed by atoms with Gasteiger partial charge in [0.25, 0.3) is 5.91 Å². The molecule has 1 aromatic rings. The van der Waals surface area contributed by atoms with Crippen molar-refractivity contribution in [2.75, 3.05) is 20.1 Å². The Morgan fingerprint density at radius 2 is 2.04 bits per heavy atom. The highest BCUT2D eigenvalue weighted by molar-refractivity contribution is 7.89. The lowest BCUT2D eigenvalue weighted by Crippen LogP contribution is -2.38. The van der Waals surface area contributed by atoms with Gasteiger partial charge >= 0.3 is 0 Å². The second-order valence-corrected chi connectivity index (χ2v) is 7.73. The standard InChI is InChI=1S/C16H25N3O3S/c1-4-12(2)18-23(21,22)15-7-5-13(6-8-15)16(20)19(3)14-9-10-17-11-14/h5-8,12,14,17-18H,4,9-11H2,1-3H3. The number of likely N-dealkylation sites (N-methyl/N-ethyl adjacent to an activating group) is 1. The molecule has 0 radical (unpaired) electrons. The van der Waals surface area contributed by atoms with Crippen LogP contribution in [0.2, 0.25) is 0 Å². The maximum atomic E-state index is 12.4. The van der Waals surface area contributed by atoms with Crippen molar-refractivity contribution < 1.29 is 13.2 Å². The highest BCUT2D eigenvalue weighted by atomic mass is 32.2. The molecule has 2 unspecified atom stereocenters. The molecule has 1 aliphatic heterocycles. The molecule has 2 atom stereocenters. The van der Waals surface area contributed by atoms with Gasteiger partial charge in [-0.05, 0) is 50.6 Å². The third-order valence-corrected chi connectivity index (χ3v) is 5.89. The van der Waals surface area contributed by atoms with Crippen molar-refractivity contribution >= 4 is 15.9 Å². The van der Waals surface area contributed by atoms with Gasteiger partial charge in [-0.2, -0.15) is 0 Å².